The summed E-state index contributed by atoms with van der Waals surface area (Å²) in [4.78, 5) is 26.5. The second-order valence-corrected chi connectivity index (χ2v) is 7.45. The highest BCUT2D eigenvalue weighted by molar-refractivity contribution is 5.96. The van der Waals surface area contributed by atoms with E-state index < -0.39 is 11.4 Å². The van der Waals surface area contributed by atoms with Crippen molar-refractivity contribution in [2.45, 2.75) is 27.2 Å². The molecule has 0 radical (unpaired) electrons. The van der Waals surface area contributed by atoms with Crippen LogP contribution >= 0.6 is 0 Å². The number of carbonyl (C=O) groups excluding carboxylic acids is 1. The van der Waals surface area contributed by atoms with E-state index in [2.05, 4.69) is 10.6 Å². The molecule has 0 spiro atoms. The Bertz CT molecular complexity index is 886. The highest BCUT2D eigenvalue weighted by atomic mass is 16.5. The number of nitrogens with zero attached hydrogens (tertiary/aromatic N) is 2. The minimum Gasteiger partial charge on any atom is -0.481 e. The summed E-state index contributed by atoms with van der Waals surface area (Å²) in [6.07, 6.45) is 0.401. The third-order valence-electron chi connectivity index (χ3n) is 5.44. The monoisotopic (exact) mass is 370 g/mol. The number of hydrogen-bond acceptors (Lipinski definition) is 3. The van der Waals surface area contributed by atoms with Gasteiger partial charge in [0.05, 0.1) is 12.2 Å². The van der Waals surface area contributed by atoms with E-state index in [1.165, 1.54) is 7.11 Å². The highest BCUT2D eigenvalue weighted by Crippen LogP contribution is 2.33. The molecule has 1 aromatic heterocycles. The molecule has 1 N–H and O–H groups in total. The predicted octanol–water partition coefficient (Wildman–Crippen LogP) is 2.97. The Morgan fingerprint density at radius 2 is 1.96 bits per heavy atom. The number of methoxy groups -OCH3 is 1. The zero-order valence-electron chi connectivity index (χ0n) is 16.3. The molecule has 0 saturated carbocycles. The van der Waals surface area contributed by atoms with Crippen LogP contribution in [0.15, 0.2) is 30.3 Å². The van der Waals surface area contributed by atoms with Crippen LogP contribution in [0, 0.1) is 26.2 Å². The van der Waals surface area contributed by atoms with Crippen molar-refractivity contribution < 1.29 is 19.4 Å². The molecule has 1 unspecified atom stereocenters. The van der Waals surface area contributed by atoms with Gasteiger partial charge in [0.1, 0.15) is 5.41 Å². The van der Waals surface area contributed by atoms with E-state index in [4.69, 9.17) is 4.74 Å². The number of ether oxygens (including phenoxy) is 1. The van der Waals surface area contributed by atoms with Crippen molar-refractivity contribution in [2.75, 3.05) is 26.8 Å². The summed E-state index contributed by atoms with van der Waals surface area (Å²) in [5.74, 6) is -1.04. The number of aromatic nitrogens is 1. The summed E-state index contributed by atoms with van der Waals surface area (Å²) in [5.41, 5.74) is 3.60. The highest BCUT2D eigenvalue weighted by Gasteiger charge is 2.46. The van der Waals surface area contributed by atoms with Gasteiger partial charge in [0.25, 0.3) is 5.91 Å². The summed E-state index contributed by atoms with van der Waals surface area (Å²) in [6, 6.07) is 10.0. The number of carboxylic acids is 1. The normalized spacial score (nSPS) is 19.5. The molecule has 1 saturated heterocycles. The maximum absolute atomic E-state index is 13.1. The van der Waals surface area contributed by atoms with E-state index in [1.807, 2.05) is 45.0 Å². The minimum atomic E-state index is -1.02. The van der Waals surface area contributed by atoms with Crippen LogP contribution in [0.3, 0.4) is 0 Å². The molecule has 2 heterocycles. The number of hydrogen-bond donors (Lipinski definition) is 1. The molecule has 1 aliphatic heterocycles. The number of aryl methyl sites for hydroxylation is 2. The lowest BCUT2D eigenvalue weighted by molar-refractivity contribution is -0.151. The number of aliphatic carboxylic acids is 1. The fraction of sp³-hybridized carbons (Fsp3) is 0.429. The molecule has 6 nitrogen and oxygen atoms in total. The molecule has 0 bridgehead atoms. The molecule has 27 heavy (non-hydrogen) atoms. The summed E-state index contributed by atoms with van der Waals surface area (Å²) in [6.45, 7) is 6.64. The van der Waals surface area contributed by atoms with E-state index in [9.17, 15) is 14.7 Å². The molecule has 6 heteroatoms. The average Bonchev–Trinajstić information content (AvgIpc) is 3.17. The van der Waals surface area contributed by atoms with Crippen molar-refractivity contribution in [1.29, 1.82) is 0 Å². The van der Waals surface area contributed by atoms with Crippen molar-refractivity contribution in [1.82, 2.24) is 9.47 Å². The van der Waals surface area contributed by atoms with Gasteiger partial charge in [0.2, 0.25) is 0 Å². The van der Waals surface area contributed by atoms with Gasteiger partial charge in [0, 0.05) is 37.3 Å². The lowest BCUT2D eigenvalue weighted by Gasteiger charge is -2.23. The minimum absolute atomic E-state index is 0.106. The van der Waals surface area contributed by atoms with Crippen molar-refractivity contribution in [2.24, 2.45) is 5.41 Å². The zero-order valence-corrected chi connectivity index (χ0v) is 16.3. The average molecular weight is 370 g/mol. The quantitative estimate of drug-likeness (QED) is 0.878. The van der Waals surface area contributed by atoms with Crippen LogP contribution in [0.4, 0.5) is 0 Å². The van der Waals surface area contributed by atoms with E-state index >= 15 is 0 Å². The van der Waals surface area contributed by atoms with Crippen LogP contribution in [0.1, 0.15) is 33.7 Å². The van der Waals surface area contributed by atoms with Crippen molar-refractivity contribution in [3.63, 3.8) is 0 Å². The SMILES string of the molecule is COCC1(C(=O)O)CCN(C(=O)c2cc(C)n(-c3cccc(C)c3)c2C)C1. The zero-order chi connectivity index (χ0) is 19.8. The molecule has 144 valence electrons. The molecule has 2 aromatic rings. The first-order chi connectivity index (χ1) is 12.8. The molecule has 1 aliphatic rings. The van der Waals surface area contributed by atoms with E-state index in [-0.39, 0.29) is 19.1 Å². The summed E-state index contributed by atoms with van der Waals surface area (Å²) in [7, 11) is 1.49. The van der Waals surface area contributed by atoms with Crippen LogP contribution in [-0.4, -0.2) is 53.3 Å². The van der Waals surface area contributed by atoms with Crippen LogP contribution in [0.25, 0.3) is 5.69 Å². The van der Waals surface area contributed by atoms with Crippen LogP contribution in [0.5, 0.6) is 0 Å². The Hall–Kier alpha value is -2.60. The molecule has 1 amide bonds. The van der Waals surface area contributed by atoms with Gasteiger partial charge < -0.3 is 19.3 Å². The molecule has 0 aliphatic carbocycles. The van der Waals surface area contributed by atoms with Crippen LogP contribution in [-0.2, 0) is 9.53 Å². The Morgan fingerprint density at radius 3 is 2.59 bits per heavy atom. The molecule has 1 atom stereocenters. The lowest BCUT2D eigenvalue weighted by Crippen LogP contribution is -2.40. The van der Waals surface area contributed by atoms with Gasteiger partial charge in [0.15, 0.2) is 0 Å². The Balaban J connectivity index is 1.91. The first kappa shape index (κ1) is 19.2. The number of benzene rings is 1. The molecule has 1 fully saturated rings. The van der Waals surface area contributed by atoms with Crippen LogP contribution in [0.2, 0.25) is 0 Å². The van der Waals surface area contributed by atoms with Crippen molar-refractivity contribution >= 4 is 11.9 Å². The number of likely N-dealkylation sites (tertiary alicyclic amines) is 1. The smallest absolute Gasteiger partial charge is 0.313 e. The Labute approximate surface area is 159 Å². The molecular formula is C21H26N2O4. The Morgan fingerprint density at radius 1 is 1.22 bits per heavy atom. The molecular weight excluding hydrogens is 344 g/mol. The number of amides is 1. The maximum Gasteiger partial charge on any atom is 0.313 e. The second kappa shape index (κ2) is 7.19. The lowest BCUT2D eigenvalue weighted by atomic mass is 9.88. The maximum atomic E-state index is 13.1. The summed E-state index contributed by atoms with van der Waals surface area (Å²) < 4.78 is 7.18. The fourth-order valence-electron chi connectivity index (χ4n) is 3.99. The number of carboxylic acid groups (broad SMARTS) is 1. The van der Waals surface area contributed by atoms with Gasteiger partial charge in [-0.1, -0.05) is 12.1 Å². The standard InChI is InChI=1S/C21H26N2O4/c1-14-6-5-7-17(10-14)23-15(2)11-18(16(23)3)19(24)22-9-8-21(12-22,13-27-4)20(25)26/h5-7,10-11H,8-9,12-13H2,1-4H3,(H,25,26). The van der Waals surface area contributed by atoms with Crippen molar-refractivity contribution in [3.8, 4) is 5.69 Å². The Kier molecular flexibility index (Phi) is 5.11. The molecule has 3 rings (SSSR count). The topological polar surface area (TPSA) is 71.8 Å². The third-order valence-corrected chi connectivity index (χ3v) is 5.44. The van der Waals surface area contributed by atoms with Crippen LogP contribution < -0.4 is 0 Å². The number of carbonyl (C=O) groups is 2. The van der Waals surface area contributed by atoms with E-state index in [0.29, 0.717) is 18.5 Å². The predicted molar refractivity (Wildman–Crippen MR) is 102 cm³/mol. The number of rotatable bonds is 5. The second-order valence-electron chi connectivity index (χ2n) is 7.45. The van der Waals surface area contributed by atoms with Gasteiger partial charge in [-0.15, -0.1) is 0 Å². The largest absolute Gasteiger partial charge is 0.481 e. The first-order valence-corrected chi connectivity index (χ1v) is 9.07. The fourth-order valence-corrected chi connectivity index (χ4v) is 3.99. The van der Waals surface area contributed by atoms with Gasteiger partial charge in [-0.25, -0.2) is 0 Å². The van der Waals surface area contributed by atoms with Gasteiger partial charge in [-0.3, -0.25) is 9.59 Å². The van der Waals surface area contributed by atoms with Gasteiger partial charge in [-0.2, -0.15) is 0 Å². The van der Waals surface area contributed by atoms with Crippen molar-refractivity contribution in [3.05, 3.63) is 52.8 Å². The molecule has 1 aromatic carbocycles. The summed E-state index contributed by atoms with van der Waals surface area (Å²) >= 11 is 0. The van der Waals surface area contributed by atoms with Gasteiger partial charge >= 0.3 is 5.97 Å². The summed E-state index contributed by atoms with van der Waals surface area (Å²) in [5, 5.41) is 9.62. The van der Waals surface area contributed by atoms with E-state index in [1.54, 1.807) is 4.90 Å². The first-order valence-electron chi connectivity index (χ1n) is 9.07. The third kappa shape index (κ3) is 3.37. The van der Waals surface area contributed by atoms with Gasteiger partial charge in [-0.05, 0) is 51.0 Å². The van der Waals surface area contributed by atoms with E-state index in [0.717, 1.165) is 22.6 Å².